The van der Waals surface area contributed by atoms with Crippen LogP contribution in [0.1, 0.15) is 10.4 Å². The van der Waals surface area contributed by atoms with Crippen molar-refractivity contribution in [3.63, 3.8) is 0 Å². The lowest BCUT2D eigenvalue weighted by atomic mass is 10.0. The van der Waals surface area contributed by atoms with Crippen molar-refractivity contribution in [2.75, 3.05) is 26.2 Å². The third-order valence-corrected chi connectivity index (χ3v) is 3.89. The van der Waals surface area contributed by atoms with Gasteiger partial charge in [-0.1, -0.05) is 0 Å². The van der Waals surface area contributed by atoms with Crippen LogP contribution in [0.2, 0.25) is 0 Å². The van der Waals surface area contributed by atoms with Crippen molar-refractivity contribution in [3.8, 4) is 11.5 Å². The van der Waals surface area contributed by atoms with E-state index in [0.717, 1.165) is 26.2 Å². The summed E-state index contributed by atoms with van der Waals surface area (Å²) in [7, 11) is 0. The minimum Gasteiger partial charge on any atom is -0.508 e. The first-order valence-electron chi connectivity index (χ1n) is 6.17. The van der Waals surface area contributed by atoms with Crippen molar-refractivity contribution in [2.24, 2.45) is 11.8 Å². The molecule has 5 heteroatoms. The maximum atomic E-state index is 12.3. The van der Waals surface area contributed by atoms with E-state index in [1.165, 1.54) is 18.2 Å². The lowest BCUT2D eigenvalue weighted by Crippen LogP contribution is -2.31. The Hall–Kier alpha value is -1.75. The van der Waals surface area contributed by atoms with E-state index in [1.54, 1.807) is 4.90 Å². The van der Waals surface area contributed by atoms with Gasteiger partial charge in [0.2, 0.25) is 0 Å². The Kier molecular flexibility index (Phi) is 2.63. The number of carbonyl (C=O) groups excluding carboxylic acids is 1. The van der Waals surface area contributed by atoms with Crippen LogP contribution >= 0.6 is 0 Å². The van der Waals surface area contributed by atoms with Crippen molar-refractivity contribution in [3.05, 3.63) is 23.8 Å². The lowest BCUT2D eigenvalue weighted by molar-refractivity contribution is 0.0778. The standard InChI is InChI=1S/C13H16N2O3/c16-10-1-2-11(12(17)3-10)13(18)15-6-8-4-14-5-9(8)7-15/h1-3,8-9,14,16-17H,4-7H2/t8-,9+. The zero-order valence-corrected chi connectivity index (χ0v) is 9.97. The summed E-state index contributed by atoms with van der Waals surface area (Å²) in [5, 5.41) is 22.2. The number of phenols is 2. The highest BCUT2D eigenvalue weighted by atomic mass is 16.3. The molecule has 0 bridgehead atoms. The Morgan fingerprint density at radius 1 is 1.22 bits per heavy atom. The van der Waals surface area contributed by atoms with E-state index >= 15 is 0 Å². The van der Waals surface area contributed by atoms with Gasteiger partial charge in [-0.3, -0.25) is 4.79 Å². The first kappa shape index (κ1) is 11.3. The molecule has 3 rings (SSSR count). The molecule has 96 valence electrons. The molecule has 1 aromatic carbocycles. The number of phenolic OH excluding ortho intramolecular Hbond substituents is 2. The second-order valence-electron chi connectivity index (χ2n) is 5.09. The maximum Gasteiger partial charge on any atom is 0.257 e. The molecule has 18 heavy (non-hydrogen) atoms. The number of benzene rings is 1. The highest BCUT2D eigenvalue weighted by Gasteiger charge is 2.38. The van der Waals surface area contributed by atoms with Crippen LogP contribution in [0.3, 0.4) is 0 Å². The highest BCUT2D eigenvalue weighted by Crippen LogP contribution is 2.30. The SMILES string of the molecule is O=C(c1ccc(O)cc1O)N1C[C@H]2CNC[C@H]2C1. The van der Waals surface area contributed by atoms with Crippen LogP contribution in [0.15, 0.2) is 18.2 Å². The largest absolute Gasteiger partial charge is 0.508 e. The van der Waals surface area contributed by atoms with E-state index in [4.69, 9.17) is 0 Å². The van der Waals surface area contributed by atoms with Crippen LogP contribution in [0.5, 0.6) is 11.5 Å². The minimum atomic E-state index is -0.157. The van der Waals surface area contributed by atoms with Gasteiger partial charge in [-0.2, -0.15) is 0 Å². The molecular weight excluding hydrogens is 232 g/mol. The molecule has 1 aromatic rings. The monoisotopic (exact) mass is 248 g/mol. The van der Waals surface area contributed by atoms with Crippen molar-refractivity contribution >= 4 is 5.91 Å². The normalized spacial score (nSPS) is 26.3. The van der Waals surface area contributed by atoms with Gasteiger partial charge in [-0.05, 0) is 24.0 Å². The van der Waals surface area contributed by atoms with Gasteiger partial charge in [-0.25, -0.2) is 0 Å². The third-order valence-electron chi connectivity index (χ3n) is 3.89. The van der Waals surface area contributed by atoms with Crippen LogP contribution in [0, 0.1) is 11.8 Å². The number of amides is 1. The van der Waals surface area contributed by atoms with E-state index < -0.39 is 0 Å². The summed E-state index contributed by atoms with van der Waals surface area (Å²) < 4.78 is 0. The topological polar surface area (TPSA) is 72.8 Å². The predicted molar refractivity (Wildman–Crippen MR) is 65.5 cm³/mol. The molecule has 0 radical (unpaired) electrons. The van der Waals surface area contributed by atoms with Crippen molar-refractivity contribution < 1.29 is 15.0 Å². The Bertz CT molecular complexity index is 477. The number of hydrogen-bond donors (Lipinski definition) is 3. The Balaban J connectivity index is 1.79. The van der Waals surface area contributed by atoms with Gasteiger partial charge < -0.3 is 20.4 Å². The van der Waals surface area contributed by atoms with Crippen LogP contribution in [-0.4, -0.2) is 47.2 Å². The van der Waals surface area contributed by atoms with Gasteiger partial charge in [-0.15, -0.1) is 0 Å². The second-order valence-corrected chi connectivity index (χ2v) is 5.09. The summed E-state index contributed by atoms with van der Waals surface area (Å²) in [5.74, 6) is 0.727. The van der Waals surface area contributed by atoms with Crippen LogP contribution in [0.25, 0.3) is 0 Å². The summed E-state index contributed by atoms with van der Waals surface area (Å²) in [6.45, 7) is 3.43. The molecule has 0 unspecified atom stereocenters. The summed E-state index contributed by atoms with van der Waals surface area (Å²) in [5.41, 5.74) is 0.265. The van der Waals surface area contributed by atoms with Crippen LogP contribution < -0.4 is 5.32 Å². The Morgan fingerprint density at radius 2 is 1.89 bits per heavy atom. The number of fused-ring (bicyclic) bond motifs is 1. The second kappa shape index (κ2) is 4.17. The van der Waals surface area contributed by atoms with Gasteiger partial charge in [0.25, 0.3) is 5.91 Å². The van der Waals surface area contributed by atoms with Gasteiger partial charge in [0.1, 0.15) is 11.5 Å². The van der Waals surface area contributed by atoms with Crippen molar-refractivity contribution in [1.82, 2.24) is 10.2 Å². The highest BCUT2D eigenvalue weighted by molar-refractivity contribution is 5.97. The molecular formula is C13H16N2O3. The number of carbonyl (C=O) groups is 1. The molecule has 0 spiro atoms. The lowest BCUT2D eigenvalue weighted by Gasteiger charge is -2.18. The van der Waals surface area contributed by atoms with E-state index in [2.05, 4.69) is 5.32 Å². The molecule has 5 nitrogen and oxygen atoms in total. The van der Waals surface area contributed by atoms with E-state index in [1.807, 2.05) is 0 Å². The molecule has 1 amide bonds. The number of nitrogens with one attached hydrogen (secondary N) is 1. The fourth-order valence-electron chi connectivity index (χ4n) is 2.89. The number of hydrogen-bond acceptors (Lipinski definition) is 4. The molecule has 2 saturated heterocycles. The molecule has 2 atom stereocenters. The molecule has 2 aliphatic rings. The molecule has 2 heterocycles. The Labute approximate surface area is 105 Å². The molecule has 2 fully saturated rings. The number of nitrogens with zero attached hydrogens (tertiary/aromatic N) is 1. The quantitative estimate of drug-likeness (QED) is 0.672. The van der Waals surface area contributed by atoms with E-state index in [9.17, 15) is 15.0 Å². The molecule has 2 aliphatic heterocycles. The smallest absolute Gasteiger partial charge is 0.257 e. The van der Waals surface area contributed by atoms with E-state index in [-0.39, 0.29) is 23.0 Å². The molecule has 0 aromatic heterocycles. The third kappa shape index (κ3) is 1.80. The summed E-state index contributed by atoms with van der Waals surface area (Å²) in [6, 6.07) is 4.09. The zero-order valence-electron chi connectivity index (χ0n) is 9.97. The van der Waals surface area contributed by atoms with E-state index in [0.29, 0.717) is 11.8 Å². The van der Waals surface area contributed by atoms with Crippen molar-refractivity contribution in [1.29, 1.82) is 0 Å². The average Bonchev–Trinajstić information content (AvgIpc) is 2.87. The fraction of sp³-hybridized carbons (Fsp3) is 0.462. The summed E-state index contributed by atoms with van der Waals surface area (Å²) >= 11 is 0. The predicted octanol–water partition coefficient (Wildman–Crippen LogP) is 0.389. The van der Waals surface area contributed by atoms with Crippen molar-refractivity contribution in [2.45, 2.75) is 0 Å². The molecule has 0 aliphatic carbocycles. The molecule has 3 N–H and O–H groups in total. The average molecular weight is 248 g/mol. The number of likely N-dealkylation sites (tertiary alicyclic amines) is 1. The fourth-order valence-corrected chi connectivity index (χ4v) is 2.89. The minimum absolute atomic E-state index is 0.0356. The number of aromatic hydroxyl groups is 2. The Morgan fingerprint density at radius 3 is 2.50 bits per heavy atom. The van der Waals surface area contributed by atoms with Crippen LogP contribution in [0.4, 0.5) is 0 Å². The van der Waals surface area contributed by atoms with Gasteiger partial charge in [0.05, 0.1) is 5.56 Å². The first-order chi connectivity index (χ1) is 8.65. The van der Waals surface area contributed by atoms with Gasteiger partial charge >= 0.3 is 0 Å². The summed E-state index contributed by atoms with van der Waals surface area (Å²) in [6.07, 6.45) is 0. The first-order valence-corrected chi connectivity index (χ1v) is 6.17. The number of rotatable bonds is 1. The molecule has 0 saturated carbocycles. The van der Waals surface area contributed by atoms with Gasteiger partial charge in [0.15, 0.2) is 0 Å². The zero-order chi connectivity index (χ0) is 12.7. The van der Waals surface area contributed by atoms with Gasteiger partial charge in [0, 0.05) is 32.2 Å². The van der Waals surface area contributed by atoms with Crippen LogP contribution in [-0.2, 0) is 0 Å². The maximum absolute atomic E-state index is 12.3. The summed E-state index contributed by atoms with van der Waals surface area (Å²) in [4.78, 5) is 14.1.